The number of nitrogens with zero attached hydrogens (tertiary/aromatic N) is 3. The van der Waals surface area contributed by atoms with Crippen molar-refractivity contribution in [1.29, 1.82) is 0 Å². The molecule has 0 amide bonds. The highest BCUT2D eigenvalue weighted by Gasteiger charge is 2.22. The number of hydrogen-bond acceptors (Lipinski definition) is 6. The summed E-state index contributed by atoms with van der Waals surface area (Å²) in [5, 5.41) is 27.1. The number of methoxy groups -OCH3 is 1. The molecule has 0 unspecified atom stereocenters. The summed E-state index contributed by atoms with van der Waals surface area (Å²) >= 11 is 0. The molecule has 1 heterocycles. The van der Waals surface area contributed by atoms with Crippen LogP contribution in [0, 0.1) is 10.1 Å². The Labute approximate surface area is 125 Å². The molecular formula is C13H14N4O5. The molecule has 9 nitrogen and oxygen atoms in total. The van der Waals surface area contributed by atoms with Gasteiger partial charge in [0.1, 0.15) is 5.75 Å². The highest BCUT2D eigenvalue weighted by Crippen LogP contribution is 2.36. The van der Waals surface area contributed by atoms with Crippen molar-refractivity contribution in [3.8, 4) is 5.75 Å². The summed E-state index contributed by atoms with van der Waals surface area (Å²) in [5.41, 5.74) is 0.374. The third-order valence-corrected chi connectivity index (χ3v) is 2.97. The molecule has 0 atom stereocenters. The molecule has 2 rings (SSSR count). The lowest BCUT2D eigenvalue weighted by atomic mass is 10.1. The van der Waals surface area contributed by atoms with E-state index in [1.165, 1.54) is 13.2 Å². The second kappa shape index (κ2) is 6.12. The molecule has 22 heavy (non-hydrogen) atoms. The molecule has 116 valence electrons. The lowest BCUT2D eigenvalue weighted by molar-refractivity contribution is -0.384. The minimum Gasteiger partial charge on any atom is -0.494 e. The number of aromatic carboxylic acids is 1. The molecule has 0 fully saturated rings. The fourth-order valence-corrected chi connectivity index (χ4v) is 1.96. The number of nitrogens with one attached hydrogen (secondary N) is 1. The van der Waals surface area contributed by atoms with Crippen molar-refractivity contribution < 1.29 is 19.6 Å². The number of anilines is 1. The minimum absolute atomic E-state index is 0.0930. The van der Waals surface area contributed by atoms with E-state index < -0.39 is 10.9 Å². The van der Waals surface area contributed by atoms with Gasteiger partial charge in [-0.1, -0.05) is 0 Å². The predicted molar refractivity (Wildman–Crippen MR) is 77.1 cm³/mol. The van der Waals surface area contributed by atoms with Crippen LogP contribution < -0.4 is 10.1 Å². The van der Waals surface area contributed by atoms with Gasteiger partial charge in [0.2, 0.25) is 0 Å². The van der Waals surface area contributed by atoms with Crippen molar-refractivity contribution in [2.75, 3.05) is 12.4 Å². The second-order valence-electron chi connectivity index (χ2n) is 4.51. The zero-order valence-corrected chi connectivity index (χ0v) is 11.9. The Bertz CT molecular complexity index is 725. The molecular weight excluding hydrogens is 292 g/mol. The van der Waals surface area contributed by atoms with Crippen molar-refractivity contribution in [2.24, 2.45) is 7.05 Å². The van der Waals surface area contributed by atoms with Gasteiger partial charge in [0, 0.05) is 31.4 Å². The maximum Gasteiger partial charge on any atom is 0.336 e. The van der Waals surface area contributed by atoms with Gasteiger partial charge in [-0.3, -0.25) is 14.8 Å². The van der Waals surface area contributed by atoms with Crippen LogP contribution in [0.5, 0.6) is 5.75 Å². The van der Waals surface area contributed by atoms with Crippen molar-refractivity contribution in [1.82, 2.24) is 9.78 Å². The van der Waals surface area contributed by atoms with Crippen LogP contribution in [-0.4, -0.2) is 32.9 Å². The van der Waals surface area contributed by atoms with Crippen molar-refractivity contribution in [3.63, 3.8) is 0 Å². The Kier molecular flexibility index (Phi) is 4.25. The average molecular weight is 306 g/mol. The molecule has 0 radical (unpaired) electrons. The maximum atomic E-state index is 11.2. The largest absolute Gasteiger partial charge is 0.494 e. The van der Waals surface area contributed by atoms with Gasteiger partial charge in [-0.25, -0.2) is 4.79 Å². The first-order valence-electron chi connectivity index (χ1n) is 6.23. The third-order valence-electron chi connectivity index (χ3n) is 2.97. The van der Waals surface area contributed by atoms with E-state index in [-0.39, 0.29) is 29.2 Å². The van der Waals surface area contributed by atoms with E-state index in [9.17, 15) is 14.9 Å². The molecule has 2 N–H and O–H groups in total. The van der Waals surface area contributed by atoms with Crippen LogP contribution in [0.15, 0.2) is 24.5 Å². The minimum atomic E-state index is -1.26. The number of nitro groups is 1. The number of benzene rings is 1. The zero-order chi connectivity index (χ0) is 16.3. The maximum absolute atomic E-state index is 11.2. The highest BCUT2D eigenvalue weighted by molar-refractivity contribution is 5.91. The highest BCUT2D eigenvalue weighted by atomic mass is 16.6. The first-order chi connectivity index (χ1) is 10.4. The van der Waals surface area contributed by atoms with E-state index in [0.717, 1.165) is 11.6 Å². The molecule has 0 aliphatic heterocycles. The van der Waals surface area contributed by atoms with Crippen LogP contribution in [0.1, 0.15) is 15.9 Å². The van der Waals surface area contributed by atoms with Crippen LogP contribution in [0.25, 0.3) is 0 Å². The normalized spacial score (nSPS) is 10.3. The van der Waals surface area contributed by atoms with E-state index in [4.69, 9.17) is 9.84 Å². The Balaban J connectivity index is 2.39. The third kappa shape index (κ3) is 3.14. The zero-order valence-electron chi connectivity index (χ0n) is 11.9. The summed E-state index contributed by atoms with van der Waals surface area (Å²) in [7, 11) is 3.08. The molecule has 1 aromatic carbocycles. The van der Waals surface area contributed by atoms with Gasteiger partial charge in [0.25, 0.3) is 5.69 Å². The molecule has 0 bridgehead atoms. The lowest BCUT2D eigenvalue weighted by Crippen LogP contribution is -2.07. The number of carboxylic acid groups (broad SMARTS) is 1. The van der Waals surface area contributed by atoms with Gasteiger partial charge in [0.05, 0.1) is 23.8 Å². The summed E-state index contributed by atoms with van der Waals surface area (Å²) in [4.78, 5) is 21.6. The number of aromatic nitrogens is 2. The second-order valence-corrected chi connectivity index (χ2v) is 4.51. The van der Waals surface area contributed by atoms with Gasteiger partial charge in [-0.15, -0.1) is 0 Å². The van der Waals surface area contributed by atoms with Crippen LogP contribution in [0.2, 0.25) is 0 Å². The fraction of sp³-hybridized carbons (Fsp3) is 0.231. The molecule has 0 saturated carbocycles. The van der Waals surface area contributed by atoms with Crippen LogP contribution in [0.3, 0.4) is 0 Å². The van der Waals surface area contributed by atoms with E-state index >= 15 is 0 Å². The first kappa shape index (κ1) is 15.3. The molecule has 0 saturated heterocycles. The average Bonchev–Trinajstić information content (AvgIpc) is 2.89. The summed E-state index contributed by atoms with van der Waals surface area (Å²) in [6.45, 7) is 0.289. The van der Waals surface area contributed by atoms with Gasteiger partial charge in [0.15, 0.2) is 5.69 Å². The van der Waals surface area contributed by atoms with Gasteiger partial charge in [-0.2, -0.15) is 5.10 Å². The summed E-state index contributed by atoms with van der Waals surface area (Å²) < 4.78 is 6.68. The van der Waals surface area contributed by atoms with Crippen molar-refractivity contribution in [2.45, 2.75) is 6.54 Å². The van der Waals surface area contributed by atoms with Gasteiger partial charge in [-0.05, 0) is 6.07 Å². The molecule has 0 spiro atoms. The fourth-order valence-electron chi connectivity index (χ4n) is 1.96. The van der Waals surface area contributed by atoms with E-state index in [1.54, 1.807) is 24.1 Å². The molecule has 0 aliphatic rings. The smallest absolute Gasteiger partial charge is 0.336 e. The van der Waals surface area contributed by atoms with Crippen LogP contribution in [-0.2, 0) is 13.6 Å². The van der Waals surface area contributed by atoms with E-state index in [0.29, 0.717) is 0 Å². The number of nitro benzene ring substituents is 1. The van der Waals surface area contributed by atoms with Crippen molar-refractivity contribution >= 4 is 17.3 Å². The first-order valence-corrected chi connectivity index (χ1v) is 6.23. The molecule has 0 aliphatic carbocycles. The number of aryl methyl sites for hydroxylation is 1. The predicted octanol–water partition coefficient (Wildman–Crippen LogP) is 1.65. The van der Waals surface area contributed by atoms with E-state index in [1.807, 2.05) is 0 Å². The molecule has 1 aromatic heterocycles. The van der Waals surface area contributed by atoms with Crippen LogP contribution >= 0.6 is 0 Å². The number of carbonyl (C=O) groups is 1. The Morgan fingerprint density at radius 2 is 2.27 bits per heavy atom. The van der Waals surface area contributed by atoms with Gasteiger partial charge >= 0.3 is 5.97 Å². The Morgan fingerprint density at radius 1 is 1.55 bits per heavy atom. The lowest BCUT2D eigenvalue weighted by Gasteiger charge is -2.12. The summed E-state index contributed by atoms with van der Waals surface area (Å²) in [5.74, 6) is -1.17. The Morgan fingerprint density at radius 3 is 2.77 bits per heavy atom. The van der Waals surface area contributed by atoms with Crippen LogP contribution in [0.4, 0.5) is 11.4 Å². The monoisotopic (exact) mass is 306 g/mol. The number of rotatable bonds is 6. The Hall–Kier alpha value is -3.10. The standard InChI is InChI=1S/C13H14N4O5/c1-16-7-8(6-15-16)5-14-12-10(17(20)21)3-9(13(18)19)4-11(12)22-2/h3-4,6-7,14H,5H2,1-2H3,(H,18,19). The molecule has 2 aromatic rings. The molecule has 9 heteroatoms. The number of carboxylic acids is 1. The number of hydrogen-bond donors (Lipinski definition) is 2. The van der Waals surface area contributed by atoms with E-state index in [2.05, 4.69) is 10.4 Å². The topological polar surface area (TPSA) is 120 Å². The van der Waals surface area contributed by atoms with Gasteiger partial charge < -0.3 is 15.2 Å². The van der Waals surface area contributed by atoms with Crippen molar-refractivity contribution in [3.05, 3.63) is 45.8 Å². The SMILES string of the molecule is COc1cc(C(=O)O)cc([N+](=O)[O-])c1NCc1cnn(C)c1. The summed E-state index contributed by atoms with van der Waals surface area (Å²) in [6.07, 6.45) is 3.38. The summed E-state index contributed by atoms with van der Waals surface area (Å²) in [6, 6.07) is 2.23. The number of ether oxygens (including phenoxy) is 1. The quantitative estimate of drug-likeness (QED) is 0.615.